The molecule has 5 heteroatoms. The highest BCUT2D eigenvalue weighted by atomic mass is 19.1. The summed E-state index contributed by atoms with van der Waals surface area (Å²) in [6, 6.07) is 46.1. The van der Waals surface area contributed by atoms with Crippen LogP contribution < -0.4 is 0 Å². The van der Waals surface area contributed by atoms with E-state index in [1.54, 1.807) is 12.1 Å². The van der Waals surface area contributed by atoms with Crippen LogP contribution in [0.4, 0.5) is 4.39 Å². The molecule has 0 fully saturated rings. The lowest BCUT2D eigenvalue weighted by molar-refractivity contribution is 0.628. The van der Waals surface area contributed by atoms with E-state index in [0.29, 0.717) is 17.5 Å². The van der Waals surface area contributed by atoms with Crippen molar-refractivity contribution in [3.8, 4) is 51.0 Å². The highest BCUT2D eigenvalue weighted by Crippen LogP contribution is 2.38. The Bertz CT molecular complexity index is 2260. The molecular formula is C43H35FN4. The summed E-state index contributed by atoms with van der Waals surface area (Å²) in [4.78, 5) is 15.0. The molecule has 0 spiro atoms. The number of nitrogens with zero attached hydrogens (tertiary/aromatic N) is 4. The standard InChI is InChI=1S/C41H29FN4.C2H6/c1-26-13-21-37-34(23-26)35-24-27(2)14-22-38(35)46(37)32-19-20-33(28-15-17-31(42)18-16-28)36(25-32)41-44-39(29-9-5-3-6-10-29)43-40(45-41)30-11-7-4-8-12-30;1-2/h3-25H,1-2H3;1-2H3. The number of aromatic nitrogens is 4. The maximum absolute atomic E-state index is 14.1. The number of hydrogen-bond donors (Lipinski definition) is 0. The summed E-state index contributed by atoms with van der Waals surface area (Å²) in [6.45, 7) is 8.26. The second-order valence-corrected chi connectivity index (χ2v) is 11.7. The molecule has 2 heterocycles. The molecule has 0 aliphatic heterocycles. The fourth-order valence-corrected chi connectivity index (χ4v) is 6.20. The minimum atomic E-state index is -0.282. The number of aryl methyl sites for hydroxylation is 2. The second kappa shape index (κ2) is 13.0. The zero-order chi connectivity index (χ0) is 33.2. The Kier molecular flexibility index (Phi) is 8.35. The zero-order valence-electron chi connectivity index (χ0n) is 27.4. The molecule has 0 saturated carbocycles. The molecule has 0 atom stereocenters. The van der Waals surface area contributed by atoms with Crippen molar-refractivity contribution < 1.29 is 4.39 Å². The lowest BCUT2D eigenvalue weighted by Crippen LogP contribution is -2.02. The van der Waals surface area contributed by atoms with Gasteiger partial charge in [0.15, 0.2) is 17.5 Å². The van der Waals surface area contributed by atoms with E-state index >= 15 is 0 Å². The van der Waals surface area contributed by atoms with Crippen molar-refractivity contribution >= 4 is 21.8 Å². The van der Waals surface area contributed by atoms with Crippen LogP contribution in [0.3, 0.4) is 0 Å². The fourth-order valence-electron chi connectivity index (χ4n) is 6.20. The Morgan fingerprint density at radius 2 is 0.958 bits per heavy atom. The van der Waals surface area contributed by atoms with Crippen molar-refractivity contribution in [3.05, 3.63) is 156 Å². The van der Waals surface area contributed by atoms with Crippen LogP contribution in [-0.2, 0) is 0 Å². The van der Waals surface area contributed by atoms with Crippen molar-refractivity contribution in [2.45, 2.75) is 27.7 Å². The second-order valence-electron chi connectivity index (χ2n) is 11.7. The minimum Gasteiger partial charge on any atom is -0.309 e. The van der Waals surface area contributed by atoms with Gasteiger partial charge in [0.1, 0.15) is 5.82 Å². The predicted octanol–water partition coefficient (Wildman–Crippen LogP) is 11.4. The Morgan fingerprint density at radius 1 is 0.458 bits per heavy atom. The molecular weight excluding hydrogens is 591 g/mol. The van der Waals surface area contributed by atoms with Gasteiger partial charge in [-0.25, -0.2) is 19.3 Å². The summed E-state index contributed by atoms with van der Waals surface area (Å²) in [5.74, 6) is 1.43. The summed E-state index contributed by atoms with van der Waals surface area (Å²) in [5.41, 5.74) is 10.1. The molecule has 0 unspecified atom stereocenters. The Hall–Kier alpha value is -5.94. The molecule has 0 aliphatic carbocycles. The SMILES string of the molecule is CC.Cc1ccc2c(c1)c1cc(C)ccc1n2-c1ccc(-c2ccc(F)cc2)c(-c2nc(-c3ccccc3)nc(-c3ccccc3)n2)c1. The summed E-state index contributed by atoms with van der Waals surface area (Å²) >= 11 is 0. The summed E-state index contributed by atoms with van der Waals surface area (Å²) in [7, 11) is 0. The Morgan fingerprint density at radius 3 is 1.48 bits per heavy atom. The van der Waals surface area contributed by atoms with Crippen molar-refractivity contribution in [2.24, 2.45) is 0 Å². The first-order valence-electron chi connectivity index (χ1n) is 16.3. The van der Waals surface area contributed by atoms with Crippen LogP contribution >= 0.6 is 0 Å². The molecule has 48 heavy (non-hydrogen) atoms. The number of benzene rings is 6. The lowest BCUT2D eigenvalue weighted by Gasteiger charge is -2.15. The average molecular weight is 627 g/mol. The summed E-state index contributed by atoms with van der Waals surface area (Å²) < 4.78 is 16.4. The van der Waals surface area contributed by atoms with Crippen LogP contribution in [0, 0.1) is 19.7 Å². The van der Waals surface area contributed by atoms with Gasteiger partial charge in [-0.3, -0.25) is 0 Å². The van der Waals surface area contributed by atoms with E-state index in [-0.39, 0.29) is 5.82 Å². The molecule has 0 saturated heterocycles. The van der Waals surface area contributed by atoms with Gasteiger partial charge in [-0.1, -0.05) is 116 Å². The molecule has 0 amide bonds. The van der Waals surface area contributed by atoms with Crippen LogP contribution in [0.1, 0.15) is 25.0 Å². The maximum atomic E-state index is 14.1. The molecule has 0 aliphatic rings. The first-order chi connectivity index (χ1) is 23.5. The first-order valence-corrected chi connectivity index (χ1v) is 16.3. The third-order valence-electron chi connectivity index (χ3n) is 8.43. The number of halogens is 1. The van der Waals surface area contributed by atoms with Gasteiger partial charge in [0.2, 0.25) is 0 Å². The monoisotopic (exact) mass is 626 g/mol. The van der Waals surface area contributed by atoms with Crippen LogP contribution in [0.25, 0.3) is 72.8 Å². The van der Waals surface area contributed by atoms with Gasteiger partial charge in [-0.05, 0) is 73.5 Å². The highest BCUT2D eigenvalue weighted by molar-refractivity contribution is 6.09. The van der Waals surface area contributed by atoms with Gasteiger partial charge in [-0.2, -0.15) is 0 Å². The molecule has 234 valence electrons. The highest BCUT2D eigenvalue weighted by Gasteiger charge is 2.19. The first kappa shape index (κ1) is 30.7. The largest absolute Gasteiger partial charge is 0.309 e. The van der Waals surface area contributed by atoms with E-state index in [0.717, 1.165) is 44.5 Å². The number of rotatable bonds is 5. The molecule has 6 aromatic carbocycles. The van der Waals surface area contributed by atoms with E-state index in [4.69, 9.17) is 15.0 Å². The van der Waals surface area contributed by atoms with Crippen molar-refractivity contribution in [3.63, 3.8) is 0 Å². The lowest BCUT2D eigenvalue weighted by atomic mass is 9.98. The van der Waals surface area contributed by atoms with E-state index < -0.39 is 0 Å². The molecule has 8 rings (SSSR count). The van der Waals surface area contributed by atoms with E-state index in [1.165, 1.54) is 34.0 Å². The molecule has 0 bridgehead atoms. The maximum Gasteiger partial charge on any atom is 0.164 e. The third kappa shape index (κ3) is 5.75. The molecule has 2 aromatic heterocycles. The van der Waals surface area contributed by atoms with Gasteiger partial charge in [-0.15, -0.1) is 0 Å². The van der Waals surface area contributed by atoms with Crippen molar-refractivity contribution in [2.75, 3.05) is 0 Å². The van der Waals surface area contributed by atoms with Crippen LogP contribution in [0.5, 0.6) is 0 Å². The van der Waals surface area contributed by atoms with E-state index in [2.05, 4.69) is 73.0 Å². The summed E-state index contributed by atoms with van der Waals surface area (Å²) in [6.07, 6.45) is 0. The molecule has 0 radical (unpaired) electrons. The zero-order valence-corrected chi connectivity index (χ0v) is 27.4. The minimum absolute atomic E-state index is 0.282. The van der Waals surface area contributed by atoms with Crippen molar-refractivity contribution in [1.82, 2.24) is 19.5 Å². The van der Waals surface area contributed by atoms with Crippen molar-refractivity contribution in [1.29, 1.82) is 0 Å². The van der Waals surface area contributed by atoms with Gasteiger partial charge >= 0.3 is 0 Å². The number of hydrogen-bond acceptors (Lipinski definition) is 3. The quantitative estimate of drug-likeness (QED) is 0.191. The topological polar surface area (TPSA) is 43.6 Å². The fraction of sp³-hybridized carbons (Fsp3) is 0.0930. The predicted molar refractivity (Wildman–Crippen MR) is 197 cm³/mol. The van der Waals surface area contributed by atoms with Gasteiger partial charge in [0.05, 0.1) is 11.0 Å². The smallest absolute Gasteiger partial charge is 0.164 e. The van der Waals surface area contributed by atoms with Gasteiger partial charge < -0.3 is 4.57 Å². The third-order valence-corrected chi connectivity index (χ3v) is 8.43. The Balaban J connectivity index is 0.00000179. The van der Waals surface area contributed by atoms with E-state index in [9.17, 15) is 4.39 Å². The van der Waals surface area contributed by atoms with Crippen LogP contribution in [0.15, 0.2) is 140 Å². The van der Waals surface area contributed by atoms with Crippen LogP contribution in [0.2, 0.25) is 0 Å². The Labute approximate surface area is 280 Å². The normalized spacial score (nSPS) is 11.0. The van der Waals surface area contributed by atoms with Crippen LogP contribution in [-0.4, -0.2) is 19.5 Å². The molecule has 8 aromatic rings. The molecule has 4 nitrogen and oxygen atoms in total. The van der Waals surface area contributed by atoms with Gasteiger partial charge in [0.25, 0.3) is 0 Å². The molecule has 0 N–H and O–H groups in total. The average Bonchev–Trinajstić information content (AvgIpc) is 3.45. The number of fused-ring (bicyclic) bond motifs is 3. The van der Waals surface area contributed by atoms with E-state index in [1.807, 2.05) is 74.5 Å². The van der Waals surface area contributed by atoms with Gasteiger partial charge in [0, 0.05) is 33.2 Å². The summed E-state index contributed by atoms with van der Waals surface area (Å²) in [5, 5.41) is 2.42.